The van der Waals surface area contributed by atoms with E-state index in [-0.39, 0.29) is 18.9 Å². The van der Waals surface area contributed by atoms with Crippen LogP contribution < -0.4 is 0 Å². The lowest BCUT2D eigenvalue weighted by Gasteiger charge is -2.29. The van der Waals surface area contributed by atoms with Crippen LogP contribution in [0.25, 0.3) is 0 Å². The molecular weight excluding hydrogens is 287 g/mol. The van der Waals surface area contributed by atoms with E-state index in [4.69, 9.17) is 0 Å². The van der Waals surface area contributed by atoms with Crippen LogP contribution in [0.3, 0.4) is 0 Å². The molecule has 0 unspecified atom stereocenters. The molecule has 1 saturated carbocycles. The second kappa shape index (κ2) is 5.89. The lowest BCUT2D eigenvalue weighted by atomic mass is 9.82. The summed E-state index contributed by atoms with van der Waals surface area (Å²) in [5, 5.41) is 0.374. The van der Waals surface area contributed by atoms with Gasteiger partial charge in [-0.1, -0.05) is 22.4 Å². The molecule has 1 rings (SSSR count). The van der Waals surface area contributed by atoms with Gasteiger partial charge < -0.3 is 4.90 Å². The summed E-state index contributed by atoms with van der Waals surface area (Å²) in [6.07, 6.45) is -1.00. The molecular formula is C10H15BrF3NO. The summed E-state index contributed by atoms with van der Waals surface area (Å²) < 4.78 is 36.6. The maximum absolute atomic E-state index is 12.2. The van der Waals surface area contributed by atoms with Gasteiger partial charge in [0, 0.05) is 18.3 Å². The van der Waals surface area contributed by atoms with Crippen LogP contribution in [-0.4, -0.2) is 35.4 Å². The van der Waals surface area contributed by atoms with Crippen molar-refractivity contribution in [3.05, 3.63) is 0 Å². The van der Waals surface area contributed by atoms with E-state index in [9.17, 15) is 18.0 Å². The van der Waals surface area contributed by atoms with Crippen molar-refractivity contribution >= 4 is 21.8 Å². The van der Waals surface area contributed by atoms with Gasteiger partial charge in [-0.25, -0.2) is 0 Å². The van der Waals surface area contributed by atoms with Gasteiger partial charge in [-0.3, -0.25) is 4.79 Å². The van der Waals surface area contributed by atoms with Gasteiger partial charge in [0.25, 0.3) is 0 Å². The van der Waals surface area contributed by atoms with E-state index < -0.39 is 12.7 Å². The zero-order chi connectivity index (χ0) is 12.2. The van der Waals surface area contributed by atoms with E-state index in [1.807, 2.05) is 0 Å². The van der Waals surface area contributed by atoms with Crippen LogP contribution >= 0.6 is 15.9 Å². The maximum atomic E-state index is 12.2. The fraction of sp³-hybridized carbons (Fsp3) is 0.900. The SMILES string of the molecule is O=C(CC1CCC1)N(CCBr)CC(F)(F)F. The number of hydrogen-bond donors (Lipinski definition) is 0. The van der Waals surface area contributed by atoms with Crippen LogP contribution in [0.15, 0.2) is 0 Å². The highest BCUT2D eigenvalue weighted by molar-refractivity contribution is 9.09. The lowest BCUT2D eigenvalue weighted by Crippen LogP contribution is -2.41. The number of nitrogens with zero attached hydrogens (tertiary/aromatic N) is 1. The molecule has 16 heavy (non-hydrogen) atoms. The molecule has 0 spiro atoms. The molecule has 1 fully saturated rings. The van der Waals surface area contributed by atoms with Crippen LogP contribution in [0.4, 0.5) is 13.2 Å². The first-order valence-electron chi connectivity index (χ1n) is 5.33. The first kappa shape index (κ1) is 13.8. The van der Waals surface area contributed by atoms with Crippen LogP contribution in [0.2, 0.25) is 0 Å². The third kappa shape index (κ3) is 4.72. The van der Waals surface area contributed by atoms with Crippen LogP contribution in [-0.2, 0) is 4.79 Å². The Bertz CT molecular complexity index is 241. The summed E-state index contributed by atoms with van der Waals surface area (Å²) >= 11 is 3.06. The molecule has 1 aliphatic carbocycles. The third-order valence-corrected chi connectivity index (χ3v) is 3.12. The van der Waals surface area contributed by atoms with E-state index in [1.54, 1.807) is 0 Å². The largest absolute Gasteiger partial charge is 0.406 e. The quantitative estimate of drug-likeness (QED) is 0.715. The molecule has 0 aromatic carbocycles. The average Bonchev–Trinajstić information content (AvgIpc) is 2.08. The van der Waals surface area contributed by atoms with Gasteiger partial charge in [0.2, 0.25) is 5.91 Å². The minimum absolute atomic E-state index is 0.116. The van der Waals surface area contributed by atoms with Gasteiger partial charge in [0.15, 0.2) is 0 Å². The Hall–Kier alpha value is -0.260. The Morgan fingerprint density at radius 3 is 2.38 bits per heavy atom. The van der Waals surface area contributed by atoms with Crippen LogP contribution in [0.1, 0.15) is 25.7 Å². The molecule has 0 N–H and O–H groups in total. The maximum Gasteiger partial charge on any atom is 0.406 e. The van der Waals surface area contributed by atoms with Gasteiger partial charge in [0.1, 0.15) is 6.54 Å². The highest BCUT2D eigenvalue weighted by Crippen LogP contribution is 2.30. The first-order valence-corrected chi connectivity index (χ1v) is 6.45. The first-order chi connectivity index (χ1) is 7.42. The van der Waals surface area contributed by atoms with Crippen molar-refractivity contribution in [1.29, 1.82) is 0 Å². The molecule has 0 atom stereocenters. The number of carbonyl (C=O) groups excluding carboxylic acids is 1. The third-order valence-electron chi connectivity index (χ3n) is 2.77. The monoisotopic (exact) mass is 301 g/mol. The molecule has 94 valence electrons. The minimum Gasteiger partial charge on any atom is -0.333 e. The zero-order valence-electron chi connectivity index (χ0n) is 8.89. The van der Waals surface area contributed by atoms with Crippen molar-refractivity contribution < 1.29 is 18.0 Å². The highest BCUT2D eigenvalue weighted by atomic mass is 79.9. The van der Waals surface area contributed by atoms with Gasteiger partial charge in [-0.05, 0) is 18.8 Å². The molecule has 2 nitrogen and oxygen atoms in total. The van der Waals surface area contributed by atoms with E-state index in [1.165, 1.54) is 0 Å². The van der Waals surface area contributed by atoms with Crippen molar-refractivity contribution in [2.24, 2.45) is 5.92 Å². The smallest absolute Gasteiger partial charge is 0.333 e. The summed E-state index contributed by atoms with van der Waals surface area (Å²) in [5.41, 5.74) is 0. The number of carbonyl (C=O) groups is 1. The topological polar surface area (TPSA) is 20.3 Å². The van der Waals surface area contributed by atoms with Gasteiger partial charge in [-0.2, -0.15) is 13.2 Å². The minimum atomic E-state index is -4.31. The summed E-state index contributed by atoms with van der Waals surface area (Å²) in [4.78, 5) is 12.5. The number of amides is 1. The molecule has 0 bridgehead atoms. The van der Waals surface area contributed by atoms with Crippen molar-refractivity contribution in [3.63, 3.8) is 0 Å². The van der Waals surface area contributed by atoms with Crippen LogP contribution in [0.5, 0.6) is 0 Å². The van der Waals surface area contributed by atoms with E-state index in [2.05, 4.69) is 15.9 Å². The molecule has 0 aliphatic heterocycles. The average molecular weight is 302 g/mol. The van der Waals surface area contributed by atoms with Crippen molar-refractivity contribution in [2.75, 3.05) is 18.4 Å². The summed E-state index contributed by atoms with van der Waals surface area (Å²) in [6, 6.07) is 0. The molecule has 0 aromatic rings. The Balaban J connectivity index is 2.43. The molecule has 1 aliphatic rings. The Morgan fingerprint density at radius 1 is 1.38 bits per heavy atom. The normalized spacial score (nSPS) is 17.0. The lowest BCUT2D eigenvalue weighted by molar-refractivity contribution is -0.161. The fourth-order valence-corrected chi connectivity index (χ4v) is 2.11. The van der Waals surface area contributed by atoms with E-state index in [0.717, 1.165) is 24.2 Å². The zero-order valence-corrected chi connectivity index (χ0v) is 10.5. The Kier molecular flexibility index (Phi) is 5.08. The second-order valence-corrected chi connectivity index (χ2v) is 4.91. The Morgan fingerprint density at radius 2 is 2.00 bits per heavy atom. The van der Waals surface area contributed by atoms with Gasteiger partial charge in [0.05, 0.1) is 0 Å². The molecule has 6 heteroatoms. The second-order valence-electron chi connectivity index (χ2n) is 4.12. The van der Waals surface area contributed by atoms with Gasteiger partial charge >= 0.3 is 6.18 Å². The number of hydrogen-bond acceptors (Lipinski definition) is 1. The summed E-state index contributed by atoms with van der Waals surface area (Å²) in [6.45, 7) is -1.02. The van der Waals surface area contributed by atoms with Crippen molar-refractivity contribution in [1.82, 2.24) is 4.90 Å². The predicted octanol–water partition coefficient (Wildman–Crippen LogP) is 2.96. The Labute approximate surface area is 101 Å². The standard InChI is InChI=1S/C10H15BrF3NO/c11-4-5-15(7-10(12,13)14)9(16)6-8-2-1-3-8/h8H,1-7H2. The molecule has 0 heterocycles. The van der Waals surface area contributed by atoms with E-state index in [0.29, 0.717) is 11.2 Å². The molecule has 0 radical (unpaired) electrons. The predicted molar refractivity (Wildman–Crippen MR) is 58.4 cm³/mol. The van der Waals surface area contributed by atoms with E-state index >= 15 is 0 Å². The molecule has 1 amide bonds. The molecule has 0 saturated heterocycles. The highest BCUT2D eigenvalue weighted by Gasteiger charge is 2.33. The number of alkyl halides is 4. The van der Waals surface area contributed by atoms with Crippen molar-refractivity contribution in [3.8, 4) is 0 Å². The number of halogens is 4. The van der Waals surface area contributed by atoms with Crippen LogP contribution in [0, 0.1) is 5.92 Å². The summed E-state index contributed by atoms with van der Waals surface area (Å²) in [5.74, 6) is -0.0694. The van der Waals surface area contributed by atoms with Crippen molar-refractivity contribution in [2.45, 2.75) is 31.9 Å². The fourth-order valence-electron chi connectivity index (χ4n) is 1.68. The molecule has 0 aromatic heterocycles. The number of rotatable bonds is 5. The van der Waals surface area contributed by atoms with Gasteiger partial charge in [-0.15, -0.1) is 0 Å². The summed E-state index contributed by atoms with van der Waals surface area (Å²) in [7, 11) is 0.